The number of hydrogen-bond donors (Lipinski definition) is 1. The number of rotatable bonds is 4. The van der Waals surface area contributed by atoms with Crippen LogP contribution in [0.4, 0.5) is 10.2 Å². The molecular weight excluding hydrogens is 345 g/mol. The average Bonchev–Trinajstić information content (AvgIpc) is 3.10. The van der Waals surface area contributed by atoms with Crippen molar-refractivity contribution in [1.29, 1.82) is 0 Å². The van der Waals surface area contributed by atoms with Crippen molar-refractivity contribution in [3.63, 3.8) is 0 Å². The summed E-state index contributed by atoms with van der Waals surface area (Å²) in [6.45, 7) is 1.82. The number of ether oxygens (including phenoxy) is 1. The molecule has 4 rings (SSSR count). The molecule has 0 unspecified atom stereocenters. The number of hydrogen-bond acceptors (Lipinski definition) is 5. The molecule has 2 aromatic heterocycles. The van der Waals surface area contributed by atoms with E-state index in [0.29, 0.717) is 40.6 Å². The highest BCUT2D eigenvalue weighted by Gasteiger charge is 2.18. The lowest BCUT2D eigenvalue weighted by Gasteiger charge is -2.10. The smallest absolute Gasteiger partial charge is 0.198 e. The summed E-state index contributed by atoms with van der Waals surface area (Å²) < 4.78 is 21.2. The number of aromatic nitrogens is 4. The Bertz CT molecular complexity index is 1120. The van der Waals surface area contributed by atoms with Crippen LogP contribution in [0.5, 0.6) is 5.75 Å². The number of halogens is 1. The van der Waals surface area contributed by atoms with Crippen molar-refractivity contribution in [3.05, 3.63) is 71.4 Å². The fourth-order valence-electron chi connectivity index (χ4n) is 3.03. The Balaban J connectivity index is 1.81. The minimum atomic E-state index is -0.437. The van der Waals surface area contributed by atoms with E-state index >= 15 is 0 Å². The maximum Gasteiger partial charge on any atom is 0.198 e. The molecule has 2 heterocycles. The highest BCUT2D eigenvalue weighted by Crippen LogP contribution is 2.29. The Morgan fingerprint density at radius 1 is 1.11 bits per heavy atom. The predicted molar refractivity (Wildman–Crippen MR) is 101 cm³/mol. The molecule has 0 aliphatic carbocycles. The van der Waals surface area contributed by atoms with E-state index in [1.165, 1.54) is 13.2 Å². The number of methoxy groups -OCH3 is 1. The van der Waals surface area contributed by atoms with Crippen molar-refractivity contribution in [1.82, 2.24) is 19.6 Å². The molecule has 0 saturated heterocycles. The van der Waals surface area contributed by atoms with Crippen molar-refractivity contribution in [2.24, 2.45) is 0 Å². The van der Waals surface area contributed by atoms with Crippen LogP contribution in [0.2, 0.25) is 0 Å². The highest BCUT2D eigenvalue weighted by molar-refractivity contribution is 5.70. The van der Waals surface area contributed by atoms with Crippen LogP contribution in [0.25, 0.3) is 16.9 Å². The molecule has 0 amide bonds. The van der Waals surface area contributed by atoms with E-state index in [9.17, 15) is 4.39 Å². The van der Waals surface area contributed by atoms with Crippen LogP contribution in [0, 0.1) is 12.7 Å². The van der Waals surface area contributed by atoms with Gasteiger partial charge in [-0.3, -0.25) is 0 Å². The van der Waals surface area contributed by atoms with Crippen molar-refractivity contribution in [2.45, 2.75) is 13.3 Å². The third-order valence-electron chi connectivity index (χ3n) is 4.41. The van der Waals surface area contributed by atoms with Crippen LogP contribution in [0.15, 0.2) is 48.5 Å². The Labute approximate surface area is 155 Å². The van der Waals surface area contributed by atoms with Crippen molar-refractivity contribution < 1.29 is 9.13 Å². The number of benzene rings is 2. The van der Waals surface area contributed by atoms with Crippen LogP contribution in [-0.4, -0.2) is 26.7 Å². The summed E-state index contributed by atoms with van der Waals surface area (Å²) in [5.41, 5.74) is 9.08. The van der Waals surface area contributed by atoms with Gasteiger partial charge in [0.05, 0.1) is 18.5 Å². The lowest BCUT2D eigenvalue weighted by Crippen LogP contribution is -2.05. The zero-order valence-electron chi connectivity index (χ0n) is 15.0. The molecule has 0 aliphatic rings. The number of nitrogens with zero attached hydrogens (tertiary/aromatic N) is 4. The molecule has 27 heavy (non-hydrogen) atoms. The molecule has 0 radical (unpaired) electrons. The predicted octanol–water partition coefficient (Wildman–Crippen LogP) is 3.42. The molecular formula is C20H18FN5O. The van der Waals surface area contributed by atoms with Gasteiger partial charge >= 0.3 is 0 Å². The standard InChI is InChI=1S/C20H18FN5O/c1-12-18(15-9-8-14(27-2)11-16(15)21)24-19(22)20-23-17(25-26(12)20)10-13-6-4-3-5-7-13/h3-9,11H,10H2,1-2H3,(H2,22,24). The van der Waals surface area contributed by atoms with Gasteiger partial charge in [-0.05, 0) is 24.6 Å². The lowest BCUT2D eigenvalue weighted by molar-refractivity contribution is 0.411. The first-order valence-corrected chi connectivity index (χ1v) is 8.46. The first-order valence-electron chi connectivity index (χ1n) is 8.46. The van der Waals surface area contributed by atoms with Crippen LogP contribution in [0.1, 0.15) is 17.1 Å². The van der Waals surface area contributed by atoms with E-state index < -0.39 is 5.82 Å². The van der Waals surface area contributed by atoms with Crippen LogP contribution < -0.4 is 10.5 Å². The Kier molecular flexibility index (Phi) is 4.19. The summed E-state index contributed by atoms with van der Waals surface area (Å²) in [6, 6.07) is 14.5. The summed E-state index contributed by atoms with van der Waals surface area (Å²) in [5, 5.41) is 4.56. The summed E-state index contributed by atoms with van der Waals surface area (Å²) in [6.07, 6.45) is 0.577. The normalized spacial score (nSPS) is 11.1. The van der Waals surface area contributed by atoms with Crippen molar-refractivity contribution in [3.8, 4) is 17.0 Å². The quantitative estimate of drug-likeness (QED) is 0.601. The van der Waals surface area contributed by atoms with Gasteiger partial charge in [0, 0.05) is 18.1 Å². The van der Waals surface area contributed by atoms with Gasteiger partial charge in [0.15, 0.2) is 17.3 Å². The molecule has 0 bridgehead atoms. The van der Waals surface area contributed by atoms with Crippen LogP contribution in [0.3, 0.4) is 0 Å². The lowest BCUT2D eigenvalue weighted by atomic mass is 10.1. The zero-order chi connectivity index (χ0) is 19.0. The van der Waals surface area contributed by atoms with E-state index in [1.54, 1.807) is 16.6 Å². The van der Waals surface area contributed by atoms with E-state index in [0.717, 1.165) is 5.56 Å². The van der Waals surface area contributed by atoms with Crippen LogP contribution in [-0.2, 0) is 6.42 Å². The van der Waals surface area contributed by atoms with E-state index in [2.05, 4.69) is 15.1 Å². The largest absolute Gasteiger partial charge is 0.497 e. The van der Waals surface area contributed by atoms with E-state index in [-0.39, 0.29) is 5.82 Å². The molecule has 7 heteroatoms. The number of anilines is 1. The maximum absolute atomic E-state index is 14.5. The molecule has 0 saturated carbocycles. The Hall–Kier alpha value is -3.48. The minimum Gasteiger partial charge on any atom is -0.497 e. The van der Waals surface area contributed by atoms with Gasteiger partial charge in [0.1, 0.15) is 11.6 Å². The van der Waals surface area contributed by atoms with Gasteiger partial charge < -0.3 is 10.5 Å². The second-order valence-corrected chi connectivity index (χ2v) is 6.20. The minimum absolute atomic E-state index is 0.206. The number of nitrogens with two attached hydrogens (primary N) is 1. The molecule has 136 valence electrons. The monoisotopic (exact) mass is 363 g/mol. The molecule has 4 aromatic rings. The van der Waals surface area contributed by atoms with Gasteiger partial charge in [-0.25, -0.2) is 18.9 Å². The summed E-state index contributed by atoms with van der Waals surface area (Å²) in [5.74, 6) is 0.838. The zero-order valence-corrected chi connectivity index (χ0v) is 15.0. The Morgan fingerprint density at radius 3 is 2.59 bits per heavy atom. The topological polar surface area (TPSA) is 78.3 Å². The fraction of sp³-hybridized carbons (Fsp3) is 0.150. The summed E-state index contributed by atoms with van der Waals surface area (Å²) >= 11 is 0. The molecule has 2 N–H and O–H groups in total. The molecule has 0 aliphatic heterocycles. The second-order valence-electron chi connectivity index (χ2n) is 6.20. The van der Waals surface area contributed by atoms with Gasteiger partial charge in [-0.15, -0.1) is 0 Å². The molecule has 6 nitrogen and oxygen atoms in total. The van der Waals surface area contributed by atoms with Crippen molar-refractivity contribution in [2.75, 3.05) is 12.8 Å². The molecule has 2 aromatic carbocycles. The SMILES string of the molecule is COc1ccc(-c2nc(N)c3nc(Cc4ccccc4)nn3c2C)c(F)c1. The molecule has 0 atom stereocenters. The third kappa shape index (κ3) is 3.08. The first-order chi connectivity index (χ1) is 13.1. The van der Waals surface area contributed by atoms with Gasteiger partial charge in [0.25, 0.3) is 0 Å². The van der Waals surface area contributed by atoms with E-state index in [4.69, 9.17) is 10.5 Å². The van der Waals surface area contributed by atoms with E-state index in [1.807, 2.05) is 37.3 Å². The number of nitrogen functional groups attached to an aromatic ring is 1. The fourth-order valence-corrected chi connectivity index (χ4v) is 3.03. The highest BCUT2D eigenvalue weighted by atomic mass is 19.1. The molecule has 0 spiro atoms. The second kappa shape index (κ2) is 6.68. The van der Waals surface area contributed by atoms with Gasteiger partial charge in [0.2, 0.25) is 0 Å². The van der Waals surface area contributed by atoms with Gasteiger partial charge in [-0.2, -0.15) is 5.10 Å². The maximum atomic E-state index is 14.5. The molecule has 0 fully saturated rings. The summed E-state index contributed by atoms with van der Waals surface area (Å²) in [7, 11) is 1.49. The summed E-state index contributed by atoms with van der Waals surface area (Å²) in [4.78, 5) is 8.89. The van der Waals surface area contributed by atoms with Crippen LogP contribution >= 0.6 is 0 Å². The van der Waals surface area contributed by atoms with Crippen molar-refractivity contribution >= 4 is 11.5 Å². The average molecular weight is 363 g/mol. The number of fused-ring (bicyclic) bond motifs is 1. The van der Waals surface area contributed by atoms with Gasteiger partial charge in [-0.1, -0.05) is 30.3 Å². The first kappa shape index (κ1) is 17.0. The number of aryl methyl sites for hydroxylation is 1. The third-order valence-corrected chi connectivity index (χ3v) is 4.41. The Morgan fingerprint density at radius 2 is 1.89 bits per heavy atom.